The molecule has 4 rings (SSSR count). The lowest BCUT2D eigenvalue weighted by molar-refractivity contribution is 0.0934. The largest absolute Gasteiger partial charge is 0.342 e. The molecule has 0 bridgehead atoms. The van der Waals surface area contributed by atoms with E-state index in [4.69, 9.17) is 0 Å². The minimum atomic E-state index is -3.70. The monoisotopic (exact) mass is 488 g/mol. The van der Waals surface area contributed by atoms with Gasteiger partial charge in [-0.1, -0.05) is 55.0 Å². The van der Waals surface area contributed by atoms with E-state index < -0.39 is 10.0 Å². The van der Waals surface area contributed by atoms with Crippen molar-refractivity contribution in [2.75, 3.05) is 11.4 Å². The highest BCUT2D eigenvalue weighted by Crippen LogP contribution is 2.24. The van der Waals surface area contributed by atoms with Crippen LogP contribution in [-0.4, -0.2) is 31.3 Å². The molecular weight excluding hydrogens is 460 g/mol. The number of H-pyrrole nitrogens is 1. The molecule has 35 heavy (non-hydrogen) atoms. The van der Waals surface area contributed by atoms with Crippen LogP contribution in [-0.2, 0) is 10.0 Å². The molecule has 1 unspecified atom stereocenters. The van der Waals surface area contributed by atoms with Crippen LogP contribution in [0.25, 0.3) is 11.3 Å². The summed E-state index contributed by atoms with van der Waals surface area (Å²) in [6, 6.07) is 22.8. The third-order valence-corrected chi connectivity index (χ3v) is 7.70. The van der Waals surface area contributed by atoms with Gasteiger partial charge in [-0.25, -0.2) is 13.4 Å². The number of imidazole rings is 1. The number of amides is 1. The Morgan fingerprint density at radius 2 is 1.66 bits per heavy atom. The van der Waals surface area contributed by atoms with E-state index in [0.29, 0.717) is 23.5 Å². The van der Waals surface area contributed by atoms with E-state index in [0.717, 1.165) is 16.8 Å². The maximum atomic E-state index is 12.9. The standard InChI is InChI=1S/C27H28N4O3S/c1-4-24(26-28-18-25(29-26)20-8-6-5-7-9-20)30-27(32)21-12-14-22(15-13-21)31(3)35(33,34)23-16-10-19(2)11-17-23/h5-18,24H,4H2,1-3H3,(H,28,29)(H,30,32). The maximum Gasteiger partial charge on any atom is 0.264 e. The first kappa shape index (κ1) is 24.2. The highest BCUT2D eigenvalue weighted by Gasteiger charge is 2.22. The van der Waals surface area contributed by atoms with E-state index in [1.807, 2.05) is 44.2 Å². The average Bonchev–Trinajstić information content (AvgIpc) is 3.38. The summed E-state index contributed by atoms with van der Waals surface area (Å²) in [7, 11) is -2.20. The predicted octanol–water partition coefficient (Wildman–Crippen LogP) is 5.09. The summed E-state index contributed by atoms with van der Waals surface area (Å²) in [6.07, 6.45) is 2.42. The molecule has 4 aromatic rings. The smallest absolute Gasteiger partial charge is 0.264 e. The van der Waals surface area contributed by atoms with Gasteiger partial charge in [0.1, 0.15) is 5.82 Å². The van der Waals surface area contributed by atoms with Gasteiger partial charge in [0.25, 0.3) is 15.9 Å². The van der Waals surface area contributed by atoms with Gasteiger partial charge in [-0.3, -0.25) is 9.10 Å². The van der Waals surface area contributed by atoms with Crippen LogP contribution in [0.2, 0.25) is 0 Å². The Morgan fingerprint density at radius 3 is 2.29 bits per heavy atom. The Balaban J connectivity index is 1.46. The predicted molar refractivity (Wildman–Crippen MR) is 138 cm³/mol. The second kappa shape index (κ2) is 10.1. The van der Waals surface area contributed by atoms with Gasteiger partial charge in [-0.05, 0) is 55.3 Å². The van der Waals surface area contributed by atoms with E-state index in [9.17, 15) is 13.2 Å². The van der Waals surface area contributed by atoms with Gasteiger partial charge >= 0.3 is 0 Å². The summed E-state index contributed by atoms with van der Waals surface area (Å²) in [4.78, 5) is 20.9. The number of benzene rings is 3. The summed E-state index contributed by atoms with van der Waals surface area (Å²) in [5.41, 5.74) is 3.79. The van der Waals surface area contributed by atoms with Crippen molar-refractivity contribution in [3.8, 4) is 11.3 Å². The number of carbonyl (C=O) groups is 1. The van der Waals surface area contributed by atoms with Gasteiger partial charge in [-0.2, -0.15) is 0 Å². The Bertz CT molecular complexity index is 1400. The van der Waals surface area contributed by atoms with Crippen LogP contribution in [0.5, 0.6) is 0 Å². The number of rotatable bonds is 8. The number of aryl methyl sites for hydroxylation is 1. The minimum Gasteiger partial charge on any atom is -0.342 e. The van der Waals surface area contributed by atoms with E-state index in [1.54, 1.807) is 54.7 Å². The molecule has 2 N–H and O–H groups in total. The molecule has 0 radical (unpaired) electrons. The summed E-state index contributed by atoms with van der Waals surface area (Å²) in [5.74, 6) is 0.422. The molecule has 3 aromatic carbocycles. The number of sulfonamides is 1. The number of hydrogen-bond donors (Lipinski definition) is 2. The second-order valence-corrected chi connectivity index (χ2v) is 10.3. The molecule has 0 aliphatic rings. The molecule has 180 valence electrons. The third kappa shape index (κ3) is 5.27. The first-order valence-corrected chi connectivity index (χ1v) is 12.8. The average molecular weight is 489 g/mol. The fourth-order valence-electron chi connectivity index (χ4n) is 3.71. The molecule has 1 atom stereocenters. The van der Waals surface area contributed by atoms with Gasteiger partial charge in [-0.15, -0.1) is 0 Å². The third-order valence-electron chi connectivity index (χ3n) is 5.90. The van der Waals surface area contributed by atoms with Crippen molar-refractivity contribution in [2.24, 2.45) is 0 Å². The van der Waals surface area contributed by atoms with E-state index in [1.165, 1.54) is 11.4 Å². The molecule has 7 nitrogen and oxygen atoms in total. The van der Waals surface area contributed by atoms with Gasteiger partial charge in [0.05, 0.1) is 28.5 Å². The number of aromatic amines is 1. The van der Waals surface area contributed by atoms with Gasteiger partial charge in [0, 0.05) is 12.6 Å². The lowest BCUT2D eigenvalue weighted by atomic mass is 10.1. The van der Waals surface area contributed by atoms with Crippen LogP contribution < -0.4 is 9.62 Å². The molecule has 0 aliphatic heterocycles. The van der Waals surface area contributed by atoms with Crippen LogP contribution in [0.1, 0.15) is 41.1 Å². The molecule has 1 amide bonds. The summed E-state index contributed by atoms with van der Waals surface area (Å²) < 4.78 is 27.1. The molecule has 0 fully saturated rings. The van der Waals surface area contributed by atoms with Crippen LogP contribution in [0.4, 0.5) is 5.69 Å². The van der Waals surface area contributed by atoms with Gasteiger partial charge < -0.3 is 10.3 Å². The van der Waals surface area contributed by atoms with Crippen LogP contribution >= 0.6 is 0 Å². The fraction of sp³-hybridized carbons (Fsp3) is 0.185. The topological polar surface area (TPSA) is 95.2 Å². The maximum absolute atomic E-state index is 12.9. The Morgan fingerprint density at radius 1 is 1.00 bits per heavy atom. The van der Waals surface area contributed by atoms with Gasteiger partial charge in [0.15, 0.2) is 0 Å². The number of hydrogen-bond acceptors (Lipinski definition) is 4. The zero-order chi connectivity index (χ0) is 25.0. The highest BCUT2D eigenvalue weighted by atomic mass is 32.2. The van der Waals surface area contributed by atoms with Crippen molar-refractivity contribution < 1.29 is 13.2 Å². The van der Waals surface area contributed by atoms with Crippen LogP contribution in [0, 0.1) is 6.92 Å². The molecular formula is C27H28N4O3S. The van der Waals surface area contributed by atoms with E-state index in [2.05, 4.69) is 15.3 Å². The first-order valence-electron chi connectivity index (χ1n) is 11.4. The minimum absolute atomic E-state index is 0.214. The molecule has 0 saturated carbocycles. The number of aromatic nitrogens is 2. The lowest BCUT2D eigenvalue weighted by Crippen LogP contribution is -2.29. The zero-order valence-electron chi connectivity index (χ0n) is 19.9. The molecule has 1 aromatic heterocycles. The number of anilines is 1. The normalized spacial score (nSPS) is 12.2. The second-order valence-electron chi connectivity index (χ2n) is 8.31. The Kier molecular flexibility index (Phi) is 7.02. The summed E-state index contributed by atoms with van der Waals surface area (Å²) in [5, 5.41) is 3.01. The van der Waals surface area contributed by atoms with Crippen LogP contribution in [0.15, 0.2) is 90.0 Å². The van der Waals surface area contributed by atoms with Crippen molar-refractivity contribution >= 4 is 21.6 Å². The summed E-state index contributed by atoms with van der Waals surface area (Å²) >= 11 is 0. The van der Waals surface area contributed by atoms with Crippen molar-refractivity contribution in [3.05, 3.63) is 102 Å². The molecule has 0 spiro atoms. The van der Waals surface area contributed by atoms with Crippen molar-refractivity contribution in [2.45, 2.75) is 31.2 Å². The fourth-order valence-corrected chi connectivity index (χ4v) is 4.91. The number of nitrogens with one attached hydrogen (secondary N) is 2. The van der Waals surface area contributed by atoms with Crippen molar-refractivity contribution in [3.63, 3.8) is 0 Å². The molecule has 0 saturated heterocycles. The summed E-state index contributed by atoms with van der Waals surface area (Å²) in [6.45, 7) is 3.88. The zero-order valence-corrected chi connectivity index (χ0v) is 20.7. The quantitative estimate of drug-likeness (QED) is 0.361. The van der Waals surface area contributed by atoms with E-state index in [-0.39, 0.29) is 16.8 Å². The van der Waals surface area contributed by atoms with Crippen LogP contribution in [0.3, 0.4) is 0 Å². The van der Waals surface area contributed by atoms with Gasteiger partial charge in [0.2, 0.25) is 0 Å². The molecule has 1 heterocycles. The molecule has 0 aliphatic carbocycles. The Hall–Kier alpha value is -3.91. The van der Waals surface area contributed by atoms with Crippen molar-refractivity contribution in [1.82, 2.24) is 15.3 Å². The first-order chi connectivity index (χ1) is 16.8. The highest BCUT2D eigenvalue weighted by molar-refractivity contribution is 7.92. The SMILES string of the molecule is CCC(NC(=O)c1ccc(N(C)S(=O)(=O)c2ccc(C)cc2)cc1)c1ncc(-c2ccccc2)[nH]1. The Labute approximate surface area is 205 Å². The lowest BCUT2D eigenvalue weighted by Gasteiger charge is -2.20. The van der Waals surface area contributed by atoms with E-state index >= 15 is 0 Å². The van der Waals surface area contributed by atoms with Crippen molar-refractivity contribution in [1.29, 1.82) is 0 Å². The number of carbonyl (C=O) groups excluding carboxylic acids is 1. The number of nitrogens with zero attached hydrogens (tertiary/aromatic N) is 2. The molecule has 8 heteroatoms.